The predicted octanol–water partition coefficient (Wildman–Crippen LogP) is 4.57. The zero-order valence-electron chi connectivity index (χ0n) is 17.7. The number of benzene rings is 2. The molecule has 2 aromatic carbocycles. The second kappa shape index (κ2) is 9.67. The molecule has 0 amide bonds. The molecule has 0 unspecified atom stereocenters. The van der Waals surface area contributed by atoms with Crippen LogP contribution in [-0.2, 0) is 10.0 Å². The topological polar surface area (TPSA) is 52.7 Å². The van der Waals surface area contributed by atoms with E-state index in [9.17, 15) is 8.42 Å². The molecule has 31 heavy (non-hydrogen) atoms. The van der Waals surface area contributed by atoms with Crippen molar-refractivity contribution in [3.05, 3.63) is 58.1 Å². The monoisotopic (exact) mass is 481 g/mol. The number of nitrogens with zero attached hydrogens (tertiary/aromatic N) is 2. The first kappa shape index (κ1) is 22.9. The maximum atomic E-state index is 12.5. The fourth-order valence-corrected chi connectivity index (χ4v) is 6.06. The summed E-state index contributed by atoms with van der Waals surface area (Å²) in [6.45, 7) is 6.87. The highest BCUT2D eigenvalue weighted by molar-refractivity contribution is 7.89. The van der Waals surface area contributed by atoms with Gasteiger partial charge >= 0.3 is 0 Å². The lowest BCUT2D eigenvalue weighted by atomic mass is 9.79. The summed E-state index contributed by atoms with van der Waals surface area (Å²) in [5.74, 6) is 0.589. The first-order chi connectivity index (χ1) is 14.8. The molecule has 1 aliphatic heterocycles. The van der Waals surface area contributed by atoms with Crippen LogP contribution in [0.15, 0.2) is 47.4 Å². The average molecular weight is 482 g/mol. The third-order valence-electron chi connectivity index (χ3n) is 6.39. The minimum Gasteiger partial charge on any atom is -0.368 e. The molecular weight excluding hydrogens is 453 g/mol. The van der Waals surface area contributed by atoms with Crippen LogP contribution in [0.25, 0.3) is 0 Å². The van der Waals surface area contributed by atoms with E-state index in [0.29, 0.717) is 20.9 Å². The van der Waals surface area contributed by atoms with Gasteiger partial charge in [0.25, 0.3) is 0 Å². The number of halogens is 2. The molecule has 0 radical (unpaired) electrons. The first-order valence-corrected chi connectivity index (χ1v) is 13.1. The van der Waals surface area contributed by atoms with E-state index in [1.54, 1.807) is 12.1 Å². The predicted molar refractivity (Wildman–Crippen MR) is 128 cm³/mol. The Bertz CT molecular complexity index is 1000. The molecule has 0 bridgehead atoms. The van der Waals surface area contributed by atoms with Gasteiger partial charge in [-0.15, -0.1) is 0 Å². The molecule has 8 heteroatoms. The molecule has 0 aromatic heterocycles. The number of piperazine rings is 1. The molecule has 168 valence electrons. The molecule has 2 fully saturated rings. The zero-order chi connectivity index (χ0) is 22.0. The number of rotatable bonds is 7. The molecule has 1 N–H and O–H groups in total. The van der Waals surface area contributed by atoms with E-state index in [0.717, 1.165) is 63.2 Å². The fourth-order valence-electron chi connectivity index (χ4n) is 4.39. The van der Waals surface area contributed by atoms with Crippen LogP contribution in [-0.4, -0.2) is 52.1 Å². The van der Waals surface area contributed by atoms with Crippen LogP contribution in [0.3, 0.4) is 0 Å². The number of anilines is 1. The lowest BCUT2D eigenvalue weighted by Gasteiger charge is -2.39. The van der Waals surface area contributed by atoms with E-state index in [4.69, 9.17) is 23.2 Å². The maximum Gasteiger partial charge on any atom is 0.240 e. The smallest absolute Gasteiger partial charge is 0.240 e. The molecule has 1 heterocycles. The van der Waals surface area contributed by atoms with Crippen LogP contribution in [0.5, 0.6) is 0 Å². The average Bonchev–Trinajstić information content (AvgIpc) is 2.72. The number of aryl methyl sites for hydroxylation is 1. The van der Waals surface area contributed by atoms with Gasteiger partial charge in [0, 0.05) is 32.2 Å². The van der Waals surface area contributed by atoms with Crippen molar-refractivity contribution in [3.8, 4) is 0 Å². The highest BCUT2D eigenvalue weighted by atomic mass is 35.5. The quantitative estimate of drug-likeness (QED) is 0.628. The van der Waals surface area contributed by atoms with Gasteiger partial charge in [-0.3, -0.25) is 4.90 Å². The molecule has 0 atom stereocenters. The Morgan fingerprint density at radius 1 is 1.00 bits per heavy atom. The molecule has 1 aliphatic carbocycles. The lowest BCUT2D eigenvalue weighted by Crippen LogP contribution is -2.48. The lowest BCUT2D eigenvalue weighted by molar-refractivity contribution is 0.182. The van der Waals surface area contributed by atoms with E-state index >= 15 is 0 Å². The highest BCUT2D eigenvalue weighted by Crippen LogP contribution is 2.34. The van der Waals surface area contributed by atoms with E-state index in [2.05, 4.69) is 14.5 Å². The van der Waals surface area contributed by atoms with Crippen LogP contribution in [0, 0.1) is 12.8 Å². The van der Waals surface area contributed by atoms with Gasteiger partial charge in [-0.25, -0.2) is 13.1 Å². The second-order valence-electron chi connectivity index (χ2n) is 8.66. The van der Waals surface area contributed by atoms with Gasteiger partial charge in [0.1, 0.15) is 0 Å². The minimum atomic E-state index is -3.42. The largest absolute Gasteiger partial charge is 0.368 e. The Hall–Kier alpha value is -1.31. The summed E-state index contributed by atoms with van der Waals surface area (Å²) in [4.78, 5) is 5.13. The normalized spacial score (nSPS) is 22.4. The van der Waals surface area contributed by atoms with Crippen LogP contribution in [0.4, 0.5) is 5.69 Å². The molecule has 0 spiro atoms. The number of nitrogens with one attached hydrogen (secondary N) is 1. The number of hydrogen-bond acceptors (Lipinski definition) is 4. The molecule has 5 nitrogen and oxygen atoms in total. The van der Waals surface area contributed by atoms with E-state index < -0.39 is 10.0 Å². The van der Waals surface area contributed by atoms with Gasteiger partial charge in [0.2, 0.25) is 10.0 Å². The van der Waals surface area contributed by atoms with Gasteiger partial charge in [0.05, 0.1) is 20.6 Å². The molecule has 4 rings (SSSR count). The van der Waals surface area contributed by atoms with Gasteiger partial charge < -0.3 is 4.90 Å². The van der Waals surface area contributed by atoms with E-state index in [1.807, 2.05) is 37.3 Å². The fraction of sp³-hybridized carbons (Fsp3) is 0.478. The van der Waals surface area contributed by atoms with Crippen LogP contribution >= 0.6 is 23.2 Å². The van der Waals surface area contributed by atoms with Gasteiger partial charge in [0.15, 0.2) is 0 Å². The van der Waals surface area contributed by atoms with Gasteiger partial charge in [-0.1, -0.05) is 47.0 Å². The zero-order valence-corrected chi connectivity index (χ0v) is 20.1. The summed E-state index contributed by atoms with van der Waals surface area (Å²) < 4.78 is 27.9. The van der Waals surface area contributed by atoms with E-state index in [1.165, 1.54) is 0 Å². The van der Waals surface area contributed by atoms with Crippen molar-refractivity contribution in [1.29, 1.82) is 0 Å². The van der Waals surface area contributed by atoms with Crippen molar-refractivity contribution in [2.24, 2.45) is 5.92 Å². The summed E-state index contributed by atoms with van der Waals surface area (Å²) in [5.41, 5.74) is 2.07. The van der Waals surface area contributed by atoms with Crippen LogP contribution < -0.4 is 9.62 Å². The molecule has 2 aliphatic rings. The van der Waals surface area contributed by atoms with Crippen molar-refractivity contribution in [3.63, 3.8) is 0 Å². The van der Waals surface area contributed by atoms with Crippen molar-refractivity contribution in [2.45, 2.75) is 37.1 Å². The van der Waals surface area contributed by atoms with Gasteiger partial charge in [-0.2, -0.15) is 0 Å². The molecular formula is C23H29Cl2N3O2S. The van der Waals surface area contributed by atoms with Crippen LogP contribution in [0.1, 0.15) is 24.8 Å². The Kier molecular flexibility index (Phi) is 7.14. The van der Waals surface area contributed by atoms with E-state index in [-0.39, 0.29) is 6.04 Å². The molecule has 1 saturated heterocycles. The number of hydrogen-bond donors (Lipinski definition) is 1. The molecule has 2 aromatic rings. The standard InChI is InChI=1S/C23H29Cl2N3O2S/c1-17-5-7-20(8-6-17)31(29,30)26-19-15-18(16-19)9-10-27-11-13-28(14-12-27)22-4-2-3-21(24)23(22)25/h2-8,18-19,26H,9-16H2,1H3. The minimum absolute atomic E-state index is 0.0538. The summed E-state index contributed by atoms with van der Waals surface area (Å²) in [6.07, 6.45) is 2.95. The number of sulfonamides is 1. The maximum absolute atomic E-state index is 12.5. The van der Waals surface area contributed by atoms with Crippen molar-refractivity contribution >= 4 is 38.9 Å². The summed E-state index contributed by atoms with van der Waals surface area (Å²) in [5, 5.41) is 1.23. The highest BCUT2D eigenvalue weighted by Gasteiger charge is 2.33. The summed E-state index contributed by atoms with van der Waals surface area (Å²) in [6, 6.07) is 12.8. The second-order valence-corrected chi connectivity index (χ2v) is 11.2. The Balaban J connectivity index is 1.18. The van der Waals surface area contributed by atoms with Gasteiger partial charge in [-0.05, 0) is 62.9 Å². The Morgan fingerprint density at radius 3 is 2.35 bits per heavy atom. The molecule has 1 saturated carbocycles. The summed E-state index contributed by atoms with van der Waals surface area (Å²) >= 11 is 12.5. The third-order valence-corrected chi connectivity index (χ3v) is 8.73. The van der Waals surface area contributed by atoms with Crippen LogP contribution in [0.2, 0.25) is 10.0 Å². The van der Waals surface area contributed by atoms with Crippen molar-refractivity contribution in [2.75, 3.05) is 37.6 Å². The van der Waals surface area contributed by atoms with Crippen molar-refractivity contribution < 1.29 is 8.42 Å². The third kappa shape index (κ3) is 5.55. The Labute approximate surface area is 195 Å². The first-order valence-electron chi connectivity index (χ1n) is 10.8. The van der Waals surface area contributed by atoms with Crippen molar-refractivity contribution in [1.82, 2.24) is 9.62 Å². The SMILES string of the molecule is Cc1ccc(S(=O)(=O)NC2CC(CCN3CCN(c4cccc(Cl)c4Cl)CC3)C2)cc1. The Morgan fingerprint density at radius 2 is 1.68 bits per heavy atom. The summed E-state index contributed by atoms with van der Waals surface area (Å²) in [7, 11) is -3.42.